The minimum Gasteiger partial charge on any atom is -0.327 e. The maximum absolute atomic E-state index is 12.2. The molecule has 0 heterocycles. The van der Waals surface area contributed by atoms with Gasteiger partial charge in [0, 0.05) is 23.7 Å². The molecule has 108 valence electrons. The smallest absolute Gasteiger partial charge is 0.237 e. The first-order valence-corrected chi connectivity index (χ1v) is 7.32. The van der Waals surface area contributed by atoms with Gasteiger partial charge in [-0.15, -0.1) is 0 Å². The van der Waals surface area contributed by atoms with Gasteiger partial charge in [0.15, 0.2) is 0 Å². The highest BCUT2D eigenvalue weighted by atomic mass is 16.1. The van der Waals surface area contributed by atoms with E-state index in [1.54, 1.807) is 0 Å². The molecular formula is C19H21NO. The van der Waals surface area contributed by atoms with Gasteiger partial charge in [-0.3, -0.25) is 4.79 Å². The van der Waals surface area contributed by atoms with Crippen LogP contribution in [-0.4, -0.2) is 22.8 Å². The molecule has 2 rings (SSSR count). The summed E-state index contributed by atoms with van der Waals surface area (Å²) in [6.07, 6.45) is 0. The van der Waals surface area contributed by atoms with Crippen LogP contribution in [0.4, 0.5) is 0 Å². The highest BCUT2D eigenvalue weighted by Gasteiger charge is 2.12. The van der Waals surface area contributed by atoms with Crippen LogP contribution in [-0.2, 0) is 0 Å². The Hall–Kier alpha value is -2.27. The monoisotopic (exact) mass is 279 g/mol. The van der Waals surface area contributed by atoms with Crippen LogP contribution in [0.5, 0.6) is 0 Å². The van der Waals surface area contributed by atoms with Crippen molar-refractivity contribution in [3.63, 3.8) is 0 Å². The van der Waals surface area contributed by atoms with Crippen molar-refractivity contribution < 1.29 is 4.79 Å². The maximum Gasteiger partial charge on any atom is 0.237 e. The van der Waals surface area contributed by atoms with Crippen LogP contribution in [0, 0.1) is 12.0 Å². The highest BCUT2D eigenvalue weighted by molar-refractivity contribution is 6.10. The molecule has 2 aliphatic rings. The second kappa shape index (κ2) is 6.45. The summed E-state index contributed by atoms with van der Waals surface area (Å²) in [6.45, 7) is 8.32. The molecule has 0 saturated carbocycles. The number of carbonyl (C=O) groups excluding carboxylic acids is 1. The number of nitrogens with zero attached hydrogens (tertiary/aromatic N) is 1. The molecule has 0 radical (unpaired) electrons. The van der Waals surface area contributed by atoms with Gasteiger partial charge in [0.2, 0.25) is 5.78 Å². The van der Waals surface area contributed by atoms with Gasteiger partial charge in [0.1, 0.15) is 0 Å². The van der Waals surface area contributed by atoms with E-state index in [9.17, 15) is 4.79 Å². The maximum atomic E-state index is 12.2. The molecule has 2 nitrogen and oxygen atoms in total. The summed E-state index contributed by atoms with van der Waals surface area (Å²) in [5.41, 5.74) is 2.79. The molecule has 0 aromatic carbocycles. The number of fused-ring (bicyclic) bond motifs is 1. The van der Waals surface area contributed by atoms with Gasteiger partial charge >= 0.3 is 0 Å². The summed E-state index contributed by atoms with van der Waals surface area (Å²) in [4.78, 5) is 14.2. The zero-order chi connectivity index (χ0) is 15.4. The summed E-state index contributed by atoms with van der Waals surface area (Å²) in [7, 11) is 0. The largest absolute Gasteiger partial charge is 0.327 e. The molecule has 21 heavy (non-hydrogen) atoms. The van der Waals surface area contributed by atoms with Crippen molar-refractivity contribution in [1.82, 2.24) is 4.90 Å². The van der Waals surface area contributed by atoms with Gasteiger partial charge in [-0.2, -0.15) is 0 Å². The summed E-state index contributed by atoms with van der Waals surface area (Å²) in [5.74, 6) is 2.64. The van der Waals surface area contributed by atoms with Gasteiger partial charge < -0.3 is 4.90 Å². The number of carbonyl (C=O) groups is 1. The van der Waals surface area contributed by atoms with Crippen LogP contribution in [0.25, 0.3) is 11.1 Å². The predicted molar refractivity (Wildman–Crippen MR) is 87.3 cm³/mol. The standard InChI is InChI=1S/C19H21NO/c1-14(2)20(15(3)4)11-10-19(21)18-12-16-8-6-5-7-9-17(16)13-18/h5-9,12-15H,1-4H3. The predicted octanol–water partition coefficient (Wildman–Crippen LogP) is 4.05. The van der Waals surface area contributed by atoms with Crippen LogP contribution in [0.15, 0.2) is 42.5 Å². The first-order valence-electron chi connectivity index (χ1n) is 7.32. The van der Waals surface area contributed by atoms with Gasteiger partial charge in [0.25, 0.3) is 0 Å². The molecule has 0 atom stereocenters. The Morgan fingerprint density at radius 1 is 0.952 bits per heavy atom. The molecule has 0 unspecified atom stereocenters. The van der Waals surface area contributed by atoms with E-state index in [4.69, 9.17) is 0 Å². The molecule has 0 aromatic heterocycles. The third-order valence-electron chi connectivity index (χ3n) is 3.40. The normalized spacial score (nSPS) is 10.6. The Balaban J connectivity index is 2.26. The summed E-state index contributed by atoms with van der Waals surface area (Å²) in [5, 5.41) is 0. The van der Waals surface area contributed by atoms with E-state index in [0.29, 0.717) is 17.6 Å². The van der Waals surface area contributed by atoms with Gasteiger partial charge in [0.05, 0.1) is 0 Å². The van der Waals surface area contributed by atoms with Crippen molar-refractivity contribution in [3.05, 3.63) is 48.0 Å². The zero-order valence-corrected chi connectivity index (χ0v) is 13.1. The summed E-state index contributed by atoms with van der Waals surface area (Å²) in [6, 6.07) is 17.3. The Bertz CT molecular complexity index is 622. The van der Waals surface area contributed by atoms with Gasteiger partial charge in [-0.05, 0) is 56.9 Å². The van der Waals surface area contributed by atoms with E-state index >= 15 is 0 Å². The fraction of sp³-hybridized carbons (Fsp3) is 0.316. The summed E-state index contributed by atoms with van der Waals surface area (Å²) < 4.78 is 0. The van der Waals surface area contributed by atoms with E-state index in [1.165, 1.54) is 0 Å². The number of hydrogen-bond donors (Lipinski definition) is 0. The van der Waals surface area contributed by atoms with E-state index in [1.807, 2.05) is 47.4 Å². The minimum absolute atomic E-state index is 0.125. The van der Waals surface area contributed by atoms with Crippen molar-refractivity contribution in [1.29, 1.82) is 0 Å². The van der Waals surface area contributed by atoms with E-state index in [2.05, 4.69) is 39.7 Å². The number of hydrogen-bond acceptors (Lipinski definition) is 2. The molecule has 2 aliphatic carbocycles. The molecule has 0 bridgehead atoms. The molecular weight excluding hydrogens is 258 g/mol. The third kappa shape index (κ3) is 3.64. The lowest BCUT2D eigenvalue weighted by Gasteiger charge is -2.25. The second-order valence-corrected chi connectivity index (χ2v) is 5.73. The number of ketones is 1. The Morgan fingerprint density at radius 3 is 1.95 bits per heavy atom. The molecule has 0 aromatic rings. The van der Waals surface area contributed by atoms with Crippen LogP contribution >= 0.6 is 0 Å². The van der Waals surface area contributed by atoms with Crippen LogP contribution < -0.4 is 0 Å². The second-order valence-electron chi connectivity index (χ2n) is 5.73. The fourth-order valence-corrected chi connectivity index (χ4v) is 2.39. The Morgan fingerprint density at radius 2 is 1.48 bits per heavy atom. The van der Waals surface area contributed by atoms with Gasteiger partial charge in [-0.25, -0.2) is 0 Å². The van der Waals surface area contributed by atoms with Crippen molar-refractivity contribution in [2.24, 2.45) is 0 Å². The lowest BCUT2D eigenvalue weighted by molar-refractivity contribution is 0.105. The first kappa shape index (κ1) is 15.1. The average Bonchev–Trinajstić information content (AvgIpc) is 2.69. The van der Waals surface area contributed by atoms with Crippen molar-refractivity contribution in [2.45, 2.75) is 39.8 Å². The molecule has 0 amide bonds. The number of Topliss-reactive ketones (excluding diaryl/α,β-unsaturated/α-hetero) is 1. The highest BCUT2D eigenvalue weighted by Crippen LogP contribution is 2.24. The van der Waals surface area contributed by atoms with Crippen molar-refractivity contribution >= 4 is 5.78 Å². The molecule has 0 aliphatic heterocycles. The molecule has 0 fully saturated rings. The quantitative estimate of drug-likeness (QED) is 0.480. The lowest BCUT2D eigenvalue weighted by atomic mass is 10.2. The topological polar surface area (TPSA) is 20.3 Å². The zero-order valence-electron chi connectivity index (χ0n) is 13.1. The van der Waals surface area contributed by atoms with Crippen molar-refractivity contribution in [3.8, 4) is 23.1 Å². The van der Waals surface area contributed by atoms with Crippen molar-refractivity contribution in [2.75, 3.05) is 0 Å². The van der Waals surface area contributed by atoms with Gasteiger partial charge in [-0.1, -0.05) is 30.3 Å². The average molecular weight is 279 g/mol. The Kier molecular flexibility index (Phi) is 4.65. The summed E-state index contributed by atoms with van der Waals surface area (Å²) >= 11 is 0. The van der Waals surface area contributed by atoms with Crippen LogP contribution in [0.2, 0.25) is 0 Å². The Labute approximate surface area is 127 Å². The van der Waals surface area contributed by atoms with Crippen LogP contribution in [0.1, 0.15) is 38.1 Å². The third-order valence-corrected chi connectivity index (χ3v) is 3.40. The van der Waals surface area contributed by atoms with E-state index in [-0.39, 0.29) is 5.78 Å². The SMILES string of the molecule is CC(C)N(C#CC(=O)c1cc2cccccc-2c1)C(C)C. The van der Waals surface area contributed by atoms with E-state index < -0.39 is 0 Å². The molecule has 0 spiro atoms. The molecule has 2 heteroatoms. The number of rotatable bonds is 3. The molecule has 0 N–H and O–H groups in total. The fourth-order valence-electron chi connectivity index (χ4n) is 2.39. The lowest BCUT2D eigenvalue weighted by Crippen LogP contribution is -2.32. The molecule has 0 saturated heterocycles. The minimum atomic E-state index is -0.125. The van der Waals surface area contributed by atoms with Crippen LogP contribution in [0.3, 0.4) is 0 Å². The van der Waals surface area contributed by atoms with E-state index in [0.717, 1.165) is 11.1 Å². The first-order chi connectivity index (χ1) is 9.99.